The van der Waals surface area contributed by atoms with Crippen LogP contribution in [0.1, 0.15) is 41.1 Å². The smallest absolute Gasteiger partial charge is 0.290 e. The molecule has 3 aromatic rings. The Kier molecular flexibility index (Phi) is 3.99. The molecule has 5 heteroatoms. The summed E-state index contributed by atoms with van der Waals surface area (Å²) < 4.78 is 11.2. The van der Waals surface area contributed by atoms with Crippen molar-refractivity contribution in [2.24, 2.45) is 0 Å². The Morgan fingerprint density at radius 1 is 1.12 bits per heavy atom. The lowest BCUT2D eigenvalue weighted by atomic mass is 9.98. The number of hydrogen-bond acceptors (Lipinski definition) is 4. The fourth-order valence-corrected chi connectivity index (χ4v) is 3.60. The second-order valence-corrected chi connectivity index (χ2v) is 6.35. The van der Waals surface area contributed by atoms with Crippen LogP contribution in [0.15, 0.2) is 57.7 Å². The molecule has 5 nitrogen and oxygen atoms in total. The molecule has 1 atom stereocenters. The van der Waals surface area contributed by atoms with Crippen LogP contribution in [0.3, 0.4) is 0 Å². The lowest BCUT2D eigenvalue weighted by Crippen LogP contribution is -2.30. The van der Waals surface area contributed by atoms with Gasteiger partial charge in [0.15, 0.2) is 5.43 Å². The topological polar surface area (TPSA) is 59.8 Å². The first-order valence-electron chi connectivity index (χ1n) is 8.66. The summed E-state index contributed by atoms with van der Waals surface area (Å²) in [7, 11) is 1.60. The van der Waals surface area contributed by atoms with E-state index in [0.717, 1.165) is 12.0 Å². The van der Waals surface area contributed by atoms with Crippen LogP contribution in [0, 0.1) is 0 Å². The van der Waals surface area contributed by atoms with Crippen molar-refractivity contribution in [2.45, 2.75) is 19.4 Å². The highest BCUT2D eigenvalue weighted by atomic mass is 16.5. The quantitative estimate of drug-likeness (QED) is 0.720. The number of nitrogens with zero attached hydrogens (tertiary/aromatic N) is 1. The van der Waals surface area contributed by atoms with E-state index < -0.39 is 6.04 Å². The molecule has 0 aliphatic carbocycles. The first-order chi connectivity index (χ1) is 12.7. The van der Waals surface area contributed by atoms with Crippen molar-refractivity contribution in [3.05, 3.63) is 75.6 Å². The monoisotopic (exact) mass is 349 g/mol. The van der Waals surface area contributed by atoms with Gasteiger partial charge in [-0.15, -0.1) is 0 Å². The average Bonchev–Trinajstić information content (AvgIpc) is 2.95. The van der Waals surface area contributed by atoms with Gasteiger partial charge in [-0.05, 0) is 36.2 Å². The van der Waals surface area contributed by atoms with Crippen molar-refractivity contribution in [1.29, 1.82) is 0 Å². The SMILES string of the molecule is CCCN1C(=O)c2oc3ccccc3c(=O)c2[C@@H]1c1cccc(OC)c1. The van der Waals surface area contributed by atoms with E-state index in [2.05, 4.69) is 0 Å². The summed E-state index contributed by atoms with van der Waals surface area (Å²) >= 11 is 0. The molecule has 0 bridgehead atoms. The van der Waals surface area contributed by atoms with Gasteiger partial charge in [0.2, 0.25) is 5.76 Å². The van der Waals surface area contributed by atoms with Gasteiger partial charge in [-0.1, -0.05) is 31.2 Å². The first kappa shape index (κ1) is 16.4. The molecule has 1 aliphatic heterocycles. The molecule has 0 spiro atoms. The van der Waals surface area contributed by atoms with Gasteiger partial charge in [0.1, 0.15) is 11.3 Å². The number of methoxy groups -OCH3 is 1. The van der Waals surface area contributed by atoms with E-state index >= 15 is 0 Å². The zero-order valence-corrected chi connectivity index (χ0v) is 14.7. The van der Waals surface area contributed by atoms with Crippen LogP contribution < -0.4 is 10.2 Å². The van der Waals surface area contributed by atoms with Crippen molar-refractivity contribution in [3.8, 4) is 5.75 Å². The number of fused-ring (bicyclic) bond motifs is 2. The summed E-state index contributed by atoms with van der Waals surface area (Å²) in [6.45, 7) is 2.55. The Labute approximate surface area is 150 Å². The van der Waals surface area contributed by atoms with Gasteiger partial charge in [-0.25, -0.2) is 0 Å². The third-order valence-electron chi connectivity index (χ3n) is 4.75. The summed E-state index contributed by atoms with van der Waals surface area (Å²) in [4.78, 5) is 27.9. The standard InChI is InChI=1S/C21H19NO4/c1-3-11-22-18(13-7-6-8-14(12-13)25-2)17-19(23)15-9-4-5-10-16(15)26-20(17)21(22)24/h4-10,12,18H,3,11H2,1-2H3/t18-/m0/s1. The molecular formula is C21H19NO4. The number of carbonyl (C=O) groups is 1. The summed E-state index contributed by atoms with van der Waals surface area (Å²) in [5, 5.41) is 0.491. The molecule has 0 N–H and O–H groups in total. The van der Waals surface area contributed by atoms with E-state index in [9.17, 15) is 9.59 Å². The number of hydrogen-bond donors (Lipinski definition) is 0. The predicted octanol–water partition coefficient (Wildman–Crippen LogP) is 3.76. The predicted molar refractivity (Wildman–Crippen MR) is 98.6 cm³/mol. The minimum atomic E-state index is -0.464. The highest BCUT2D eigenvalue weighted by Gasteiger charge is 2.42. The van der Waals surface area contributed by atoms with Crippen molar-refractivity contribution in [2.75, 3.05) is 13.7 Å². The third-order valence-corrected chi connectivity index (χ3v) is 4.75. The number of amides is 1. The summed E-state index contributed by atoms with van der Waals surface area (Å²) in [5.41, 5.74) is 1.54. The summed E-state index contributed by atoms with van der Waals surface area (Å²) in [6, 6.07) is 14.1. The van der Waals surface area contributed by atoms with Crippen LogP contribution in [0.4, 0.5) is 0 Å². The fourth-order valence-electron chi connectivity index (χ4n) is 3.60. The molecule has 2 heterocycles. The summed E-state index contributed by atoms with van der Waals surface area (Å²) in [6.07, 6.45) is 0.786. The van der Waals surface area contributed by atoms with Crippen LogP contribution in [-0.4, -0.2) is 24.5 Å². The zero-order valence-electron chi connectivity index (χ0n) is 14.7. The van der Waals surface area contributed by atoms with Crippen molar-refractivity contribution in [1.82, 2.24) is 4.90 Å². The van der Waals surface area contributed by atoms with Gasteiger partial charge < -0.3 is 14.1 Å². The average molecular weight is 349 g/mol. The molecule has 2 aromatic carbocycles. The van der Waals surface area contributed by atoms with Gasteiger partial charge >= 0.3 is 0 Å². The maximum absolute atomic E-state index is 13.2. The van der Waals surface area contributed by atoms with E-state index in [1.54, 1.807) is 36.3 Å². The highest BCUT2D eigenvalue weighted by Crippen LogP contribution is 2.38. The second kappa shape index (κ2) is 6.33. The molecule has 1 amide bonds. The maximum Gasteiger partial charge on any atom is 0.290 e. The highest BCUT2D eigenvalue weighted by molar-refractivity contribution is 5.99. The molecule has 0 radical (unpaired) electrons. The van der Waals surface area contributed by atoms with Gasteiger partial charge in [0.25, 0.3) is 5.91 Å². The number of benzene rings is 2. The normalized spacial score (nSPS) is 16.2. The largest absolute Gasteiger partial charge is 0.497 e. The molecule has 0 unspecified atom stereocenters. The van der Waals surface area contributed by atoms with Gasteiger partial charge in [0.05, 0.1) is 24.1 Å². The minimum absolute atomic E-state index is 0.148. The van der Waals surface area contributed by atoms with Crippen LogP contribution >= 0.6 is 0 Å². The van der Waals surface area contributed by atoms with E-state index in [1.165, 1.54) is 0 Å². The number of ether oxygens (including phenoxy) is 1. The third kappa shape index (κ3) is 2.39. The van der Waals surface area contributed by atoms with E-state index in [4.69, 9.17) is 9.15 Å². The molecular weight excluding hydrogens is 330 g/mol. The maximum atomic E-state index is 13.2. The Balaban J connectivity index is 2.00. The van der Waals surface area contributed by atoms with Crippen molar-refractivity contribution < 1.29 is 13.9 Å². The fraction of sp³-hybridized carbons (Fsp3) is 0.238. The zero-order chi connectivity index (χ0) is 18.3. The van der Waals surface area contributed by atoms with Crippen molar-refractivity contribution in [3.63, 3.8) is 0 Å². The van der Waals surface area contributed by atoms with E-state index in [1.807, 2.05) is 31.2 Å². The van der Waals surface area contributed by atoms with E-state index in [-0.39, 0.29) is 17.1 Å². The molecule has 0 saturated heterocycles. The van der Waals surface area contributed by atoms with Gasteiger partial charge in [0, 0.05) is 6.54 Å². The number of carbonyl (C=O) groups excluding carboxylic acids is 1. The molecule has 4 rings (SSSR count). The molecule has 0 fully saturated rings. The summed E-state index contributed by atoms with van der Waals surface area (Å²) in [5.74, 6) is 0.595. The molecule has 132 valence electrons. The molecule has 0 saturated carbocycles. The minimum Gasteiger partial charge on any atom is -0.497 e. The Hall–Kier alpha value is -3.08. The lowest BCUT2D eigenvalue weighted by Gasteiger charge is -2.24. The van der Waals surface area contributed by atoms with Crippen LogP contribution in [0.5, 0.6) is 5.75 Å². The number of para-hydroxylation sites is 1. The van der Waals surface area contributed by atoms with Crippen LogP contribution in [0.25, 0.3) is 11.0 Å². The van der Waals surface area contributed by atoms with Gasteiger partial charge in [-0.2, -0.15) is 0 Å². The van der Waals surface area contributed by atoms with Crippen molar-refractivity contribution >= 4 is 16.9 Å². The second-order valence-electron chi connectivity index (χ2n) is 6.35. The Bertz CT molecular complexity index is 1050. The Morgan fingerprint density at radius 2 is 1.92 bits per heavy atom. The van der Waals surface area contributed by atoms with Crippen LogP contribution in [0.2, 0.25) is 0 Å². The molecule has 1 aliphatic rings. The van der Waals surface area contributed by atoms with Crippen LogP contribution in [-0.2, 0) is 0 Å². The Morgan fingerprint density at radius 3 is 2.69 bits per heavy atom. The molecule has 1 aromatic heterocycles. The number of rotatable bonds is 4. The lowest BCUT2D eigenvalue weighted by molar-refractivity contribution is 0.0728. The first-order valence-corrected chi connectivity index (χ1v) is 8.66. The molecule has 26 heavy (non-hydrogen) atoms. The van der Waals surface area contributed by atoms with Gasteiger partial charge in [-0.3, -0.25) is 9.59 Å². The van der Waals surface area contributed by atoms with E-state index in [0.29, 0.717) is 28.8 Å².